The van der Waals surface area contributed by atoms with Crippen LogP contribution in [0.2, 0.25) is 5.02 Å². The van der Waals surface area contributed by atoms with E-state index in [-0.39, 0.29) is 0 Å². The minimum Gasteiger partial charge on any atom is -0.492 e. The van der Waals surface area contributed by atoms with Crippen molar-refractivity contribution >= 4 is 29.6 Å². The van der Waals surface area contributed by atoms with Gasteiger partial charge in [-0.25, -0.2) is 9.59 Å². The van der Waals surface area contributed by atoms with E-state index in [1.54, 1.807) is 33.0 Å². The zero-order valence-corrected chi connectivity index (χ0v) is 21.6. The van der Waals surface area contributed by atoms with Crippen LogP contribution < -0.4 is 15.8 Å². The van der Waals surface area contributed by atoms with Gasteiger partial charge in [0.25, 0.3) is 0 Å². The summed E-state index contributed by atoms with van der Waals surface area (Å²) in [6.45, 7) is 12.5. The van der Waals surface area contributed by atoms with Gasteiger partial charge < -0.3 is 19.9 Å². The molecular weight excluding hydrogens is 460 g/mol. The number of aromatic nitrogens is 2. The van der Waals surface area contributed by atoms with E-state index >= 15 is 0 Å². The molecule has 1 heterocycles. The van der Waals surface area contributed by atoms with E-state index < -0.39 is 17.8 Å². The van der Waals surface area contributed by atoms with Crippen molar-refractivity contribution in [3.63, 3.8) is 0 Å². The molecule has 0 saturated heterocycles. The lowest BCUT2D eigenvalue weighted by Crippen LogP contribution is -2.27. The van der Waals surface area contributed by atoms with Crippen LogP contribution in [0.4, 0.5) is 15.4 Å². The Morgan fingerprint density at radius 3 is 2.32 bits per heavy atom. The molecule has 2 amide bonds. The van der Waals surface area contributed by atoms with Gasteiger partial charge >= 0.3 is 12.2 Å². The van der Waals surface area contributed by atoms with Crippen molar-refractivity contribution in [1.82, 2.24) is 10.2 Å². The Hall–Kier alpha value is -3.07. The molecule has 0 radical (unpaired) electrons. The minimum atomic E-state index is -0.725. The third-order valence-electron chi connectivity index (χ3n) is 4.14. The van der Waals surface area contributed by atoms with Crippen molar-refractivity contribution in [2.24, 2.45) is 17.6 Å². The SMILES string of the molecule is CC(C)(C)OC(N)=O.COC(=O)Nc1cc(-c2ccc(OCC(C)CC(C)C)c(Cl)c2)cnn1. The number of nitrogens with two attached hydrogens (primary N) is 1. The summed E-state index contributed by atoms with van der Waals surface area (Å²) in [5, 5.41) is 10.7. The zero-order chi connectivity index (χ0) is 25.9. The topological polar surface area (TPSA) is 126 Å². The van der Waals surface area contributed by atoms with Crippen molar-refractivity contribution in [3.8, 4) is 16.9 Å². The highest BCUT2D eigenvalue weighted by molar-refractivity contribution is 6.32. The number of amides is 2. The van der Waals surface area contributed by atoms with Crippen LogP contribution in [0.5, 0.6) is 5.75 Å². The molecule has 1 unspecified atom stereocenters. The average molecular weight is 495 g/mol. The van der Waals surface area contributed by atoms with Crippen molar-refractivity contribution < 1.29 is 23.8 Å². The second-order valence-corrected chi connectivity index (χ2v) is 9.58. The fourth-order valence-corrected chi connectivity index (χ4v) is 3.18. The predicted octanol–water partition coefficient (Wildman–Crippen LogP) is 5.92. The van der Waals surface area contributed by atoms with Crippen molar-refractivity contribution in [3.05, 3.63) is 35.5 Å². The second kappa shape index (κ2) is 13.6. The normalized spacial score (nSPS) is 11.7. The Bertz CT molecular complexity index is 947. The lowest BCUT2D eigenvalue weighted by atomic mass is 10.00. The van der Waals surface area contributed by atoms with Gasteiger partial charge in [0.15, 0.2) is 5.82 Å². The molecular formula is C24H35ClN4O5. The van der Waals surface area contributed by atoms with E-state index in [1.165, 1.54) is 7.11 Å². The molecule has 1 aromatic heterocycles. The number of hydrogen-bond donors (Lipinski definition) is 2. The number of hydrogen-bond acceptors (Lipinski definition) is 7. The molecule has 2 aromatic rings. The molecule has 34 heavy (non-hydrogen) atoms. The maximum Gasteiger partial charge on any atom is 0.412 e. The van der Waals surface area contributed by atoms with Gasteiger partial charge in [0.2, 0.25) is 0 Å². The molecule has 188 valence electrons. The molecule has 0 aliphatic rings. The Balaban J connectivity index is 0.000000620. The highest BCUT2D eigenvalue weighted by atomic mass is 35.5. The van der Waals surface area contributed by atoms with Crippen molar-refractivity contribution in [2.45, 2.75) is 53.6 Å². The molecule has 0 bridgehead atoms. The Morgan fingerprint density at radius 2 is 1.82 bits per heavy atom. The third kappa shape index (κ3) is 11.7. The van der Waals surface area contributed by atoms with Crippen LogP contribution >= 0.6 is 11.6 Å². The largest absolute Gasteiger partial charge is 0.492 e. The first-order chi connectivity index (χ1) is 15.8. The number of rotatable bonds is 7. The molecule has 1 atom stereocenters. The Kier molecular flexibility index (Phi) is 11.6. The first-order valence-electron chi connectivity index (χ1n) is 10.9. The number of carbonyl (C=O) groups is 2. The van der Waals surface area contributed by atoms with Crippen LogP contribution in [0, 0.1) is 11.8 Å². The van der Waals surface area contributed by atoms with Gasteiger partial charge in [0.1, 0.15) is 11.4 Å². The molecule has 0 aliphatic carbocycles. The van der Waals surface area contributed by atoms with E-state index in [0.717, 1.165) is 17.5 Å². The molecule has 2 rings (SSSR count). The summed E-state index contributed by atoms with van der Waals surface area (Å²) in [5.41, 5.74) is 5.88. The second-order valence-electron chi connectivity index (χ2n) is 9.17. The quantitative estimate of drug-likeness (QED) is 0.489. The average Bonchev–Trinajstić information content (AvgIpc) is 2.71. The van der Waals surface area contributed by atoms with Gasteiger partial charge in [0, 0.05) is 5.56 Å². The van der Waals surface area contributed by atoms with E-state index in [1.807, 2.05) is 18.2 Å². The molecule has 9 nitrogen and oxygen atoms in total. The van der Waals surface area contributed by atoms with E-state index in [2.05, 4.69) is 45.8 Å². The molecule has 10 heteroatoms. The van der Waals surface area contributed by atoms with Crippen LogP contribution in [0.25, 0.3) is 11.1 Å². The van der Waals surface area contributed by atoms with Gasteiger partial charge in [-0.05, 0) is 62.8 Å². The smallest absolute Gasteiger partial charge is 0.412 e. The number of methoxy groups -OCH3 is 1. The third-order valence-corrected chi connectivity index (χ3v) is 4.43. The van der Waals surface area contributed by atoms with E-state index in [9.17, 15) is 9.59 Å². The summed E-state index contributed by atoms with van der Waals surface area (Å²) in [5.74, 6) is 2.05. The summed E-state index contributed by atoms with van der Waals surface area (Å²) >= 11 is 6.36. The minimum absolute atomic E-state index is 0.299. The summed E-state index contributed by atoms with van der Waals surface area (Å²) in [6, 6.07) is 7.24. The predicted molar refractivity (Wildman–Crippen MR) is 133 cm³/mol. The summed E-state index contributed by atoms with van der Waals surface area (Å²) in [4.78, 5) is 21.3. The Labute approximate surface area is 206 Å². The van der Waals surface area contributed by atoms with Crippen LogP contribution in [0.3, 0.4) is 0 Å². The zero-order valence-electron chi connectivity index (χ0n) is 20.8. The monoisotopic (exact) mass is 494 g/mol. The van der Waals surface area contributed by atoms with Crippen molar-refractivity contribution in [1.29, 1.82) is 0 Å². The van der Waals surface area contributed by atoms with Gasteiger partial charge in [-0.15, -0.1) is 5.10 Å². The van der Waals surface area contributed by atoms with Crippen LogP contribution in [-0.2, 0) is 9.47 Å². The lowest BCUT2D eigenvalue weighted by Gasteiger charge is -2.16. The molecule has 0 aliphatic heterocycles. The maximum absolute atomic E-state index is 11.3. The van der Waals surface area contributed by atoms with Gasteiger partial charge in [0.05, 0.1) is 24.9 Å². The number of nitrogens with zero attached hydrogens (tertiary/aromatic N) is 2. The van der Waals surface area contributed by atoms with Gasteiger partial charge in [-0.1, -0.05) is 38.4 Å². The lowest BCUT2D eigenvalue weighted by molar-refractivity contribution is 0.0600. The van der Waals surface area contributed by atoms with Crippen molar-refractivity contribution in [2.75, 3.05) is 19.0 Å². The first kappa shape index (κ1) is 29.0. The fourth-order valence-electron chi connectivity index (χ4n) is 2.95. The maximum atomic E-state index is 11.3. The number of anilines is 1. The number of nitrogens with one attached hydrogen (secondary N) is 1. The summed E-state index contributed by atoms with van der Waals surface area (Å²) in [6.07, 6.45) is 1.37. The standard InChI is InChI=1S/C19H24ClN3O3.C5H11NO2/c1-12(2)7-13(3)11-26-17-6-5-14(8-16(17)20)15-9-18(23-21-10-15)22-19(24)25-4;1-5(2,3)8-4(6)7/h5-6,8-10,12-13H,7,11H2,1-4H3,(H,22,23,24);1-3H3,(H2,6,7). The number of carbonyl (C=O) groups excluding carboxylic acids is 2. The number of ether oxygens (including phenoxy) is 3. The summed E-state index contributed by atoms with van der Waals surface area (Å²) in [7, 11) is 1.28. The molecule has 1 aromatic carbocycles. The number of benzene rings is 1. The molecule has 0 fully saturated rings. The van der Waals surface area contributed by atoms with E-state index in [0.29, 0.717) is 35.0 Å². The Morgan fingerprint density at radius 1 is 1.15 bits per heavy atom. The molecule has 0 saturated carbocycles. The first-order valence-corrected chi connectivity index (χ1v) is 11.3. The van der Waals surface area contributed by atoms with E-state index in [4.69, 9.17) is 22.1 Å². The summed E-state index contributed by atoms with van der Waals surface area (Å²) < 4.78 is 15.0. The van der Waals surface area contributed by atoms with Gasteiger partial charge in [-0.3, -0.25) is 5.32 Å². The fraction of sp³-hybridized carbons (Fsp3) is 0.500. The van der Waals surface area contributed by atoms with Crippen LogP contribution in [-0.4, -0.2) is 41.7 Å². The highest BCUT2D eigenvalue weighted by Crippen LogP contribution is 2.31. The highest BCUT2D eigenvalue weighted by Gasteiger charge is 2.13. The van der Waals surface area contributed by atoms with Gasteiger partial charge in [-0.2, -0.15) is 5.10 Å². The molecule has 3 N–H and O–H groups in total. The van der Waals surface area contributed by atoms with Crippen LogP contribution in [0.1, 0.15) is 48.0 Å². The van der Waals surface area contributed by atoms with Crippen LogP contribution in [0.15, 0.2) is 30.5 Å². The number of halogens is 1. The number of primary amides is 1. The molecule has 0 spiro atoms.